The number of nitrogens with zero attached hydrogens (tertiary/aromatic N) is 1. The van der Waals surface area contributed by atoms with E-state index in [9.17, 15) is 0 Å². The van der Waals surface area contributed by atoms with E-state index in [0.717, 1.165) is 18.7 Å². The number of hydrogen-bond acceptors (Lipinski definition) is 2. The minimum Gasteiger partial charge on any atom is -0.310 e. The van der Waals surface area contributed by atoms with Gasteiger partial charge in [0.25, 0.3) is 0 Å². The zero-order valence-corrected chi connectivity index (χ0v) is 11.3. The van der Waals surface area contributed by atoms with Crippen LogP contribution in [-0.2, 0) is 13.0 Å². The topological polar surface area (TPSA) is 40.7 Å². The molecular formula is C15H21N3. The summed E-state index contributed by atoms with van der Waals surface area (Å²) < 4.78 is 0. The molecule has 96 valence electrons. The summed E-state index contributed by atoms with van der Waals surface area (Å²) in [6.45, 7) is 7.31. The molecule has 0 unspecified atom stereocenters. The third-order valence-electron chi connectivity index (χ3n) is 3.07. The largest absolute Gasteiger partial charge is 0.310 e. The quantitative estimate of drug-likeness (QED) is 0.847. The van der Waals surface area contributed by atoms with Gasteiger partial charge >= 0.3 is 0 Å². The predicted molar refractivity (Wildman–Crippen MR) is 75.4 cm³/mol. The molecule has 0 atom stereocenters. The van der Waals surface area contributed by atoms with Gasteiger partial charge in [0.1, 0.15) is 0 Å². The van der Waals surface area contributed by atoms with Crippen molar-refractivity contribution in [3.8, 4) is 11.3 Å². The van der Waals surface area contributed by atoms with Gasteiger partial charge in [0, 0.05) is 18.2 Å². The Bertz CT molecular complexity index is 483. The Morgan fingerprint density at radius 2 is 1.94 bits per heavy atom. The summed E-state index contributed by atoms with van der Waals surface area (Å²) in [6, 6.07) is 9.15. The number of rotatable bonds is 5. The molecule has 3 heteroatoms. The highest BCUT2D eigenvalue weighted by Crippen LogP contribution is 2.21. The molecule has 0 saturated heterocycles. The van der Waals surface area contributed by atoms with Crippen molar-refractivity contribution in [3.05, 3.63) is 41.6 Å². The van der Waals surface area contributed by atoms with Gasteiger partial charge in [-0.05, 0) is 17.5 Å². The Balaban J connectivity index is 2.19. The average Bonchev–Trinajstić information content (AvgIpc) is 2.85. The number of H-pyrrole nitrogens is 1. The van der Waals surface area contributed by atoms with Crippen LogP contribution in [-0.4, -0.2) is 16.2 Å². The average molecular weight is 243 g/mol. The van der Waals surface area contributed by atoms with Crippen LogP contribution in [0.4, 0.5) is 0 Å². The first-order valence-electron chi connectivity index (χ1n) is 6.55. The number of benzene rings is 1. The van der Waals surface area contributed by atoms with E-state index in [1.54, 1.807) is 0 Å². The normalized spacial score (nSPS) is 11.1. The van der Waals surface area contributed by atoms with Crippen LogP contribution >= 0.6 is 0 Å². The van der Waals surface area contributed by atoms with Gasteiger partial charge in [-0.2, -0.15) is 5.10 Å². The lowest BCUT2D eigenvalue weighted by Gasteiger charge is -2.08. The maximum absolute atomic E-state index is 4.15. The molecule has 0 amide bonds. The first kappa shape index (κ1) is 12.8. The molecule has 2 N–H and O–H groups in total. The highest BCUT2D eigenvalue weighted by molar-refractivity contribution is 5.62. The third kappa shape index (κ3) is 2.99. The van der Waals surface area contributed by atoms with Crippen LogP contribution in [0.2, 0.25) is 0 Å². The summed E-state index contributed by atoms with van der Waals surface area (Å²) in [5.41, 5.74) is 4.89. The van der Waals surface area contributed by atoms with Crippen molar-refractivity contribution in [2.24, 2.45) is 0 Å². The van der Waals surface area contributed by atoms with Crippen molar-refractivity contribution in [2.45, 2.75) is 39.8 Å². The monoisotopic (exact) mass is 243 g/mol. The number of aromatic amines is 1. The minimum atomic E-state index is 0.482. The van der Waals surface area contributed by atoms with Gasteiger partial charge in [-0.3, -0.25) is 5.10 Å². The Morgan fingerprint density at radius 1 is 1.22 bits per heavy atom. The Labute approximate surface area is 109 Å². The van der Waals surface area contributed by atoms with E-state index in [1.165, 1.54) is 16.7 Å². The number of hydrogen-bond donors (Lipinski definition) is 2. The van der Waals surface area contributed by atoms with Crippen molar-refractivity contribution in [1.29, 1.82) is 0 Å². The summed E-state index contributed by atoms with van der Waals surface area (Å²) >= 11 is 0. The van der Waals surface area contributed by atoms with Crippen molar-refractivity contribution >= 4 is 0 Å². The molecule has 0 fully saturated rings. The molecule has 0 spiro atoms. The predicted octanol–water partition coefficient (Wildman–Crippen LogP) is 3.14. The fourth-order valence-corrected chi connectivity index (χ4v) is 1.92. The van der Waals surface area contributed by atoms with Gasteiger partial charge in [-0.25, -0.2) is 0 Å². The van der Waals surface area contributed by atoms with Crippen molar-refractivity contribution in [1.82, 2.24) is 15.5 Å². The summed E-state index contributed by atoms with van der Waals surface area (Å²) in [5, 5.41) is 10.7. The van der Waals surface area contributed by atoms with Crippen molar-refractivity contribution < 1.29 is 0 Å². The molecule has 1 aromatic heterocycles. The van der Waals surface area contributed by atoms with Crippen LogP contribution in [0, 0.1) is 0 Å². The molecule has 0 aliphatic carbocycles. The molecule has 2 rings (SSSR count). The Morgan fingerprint density at radius 3 is 2.56 bits per heavy atom. The molecule has 0 saturated carbocycles. The van der Waals surface area contributed by atoms with Gasteiger partial charge in [0.05, 0.1) is 11.9 Å². The second kappa shape index (κ2) is 5.83. The molecule has 2 aromatic rings. The number of nitrogens with one attached hydrogen (secondary N) is 2. The molecule has 18 heavy (non-hydrogen) atoms. The SMILES string of the molecule is CCc1ccc(-c2[nH]ncc2CNC(C)C)cc1. The van der Waals surface area contributed by atoms with Crippen LogP contribution in [0.1, 0.15) is 31.9 Å². The summed E-state index contributed by atoms with van der Waals surface area (Å²) in [6.07, 6.45) is 2.98. The maximum atomic E-state index is 4.15. The summed E-state index contributed by atoms with van der Waals surface area (Å²) in [4.78, 5) is 0. The Hall–Kier alpha value is -1.61. The van der Waals surface area contributed by atoms with E-state index >= 15 is 0 Å². The number of aromatic nitrogens is 2. The van der Waals surface area contributed by atoms with Gasteiger partial charge in [-0.1, -0.05) is 45.0 Å². The first-order valence-corrected chi connectivity index (χ1v) is 6.55. The van der Waals surface area contributed by atoms with E-state index in [-0.39, 0.29) is 0 Å². The summed E-state index contributed by atoms with van der Waals surface area (Å²) in [5.74, 6) is 0. The van der Waals surface area contributed by atoms with Crippen LogP contribution in [0.25, 0.3) is 11.3 Å². The van der Waals surface area contributed by atoms with Crippen molar-refractivity contribution in [2.75, 3.05) is 0 Å². The highest BCUT2D eigenvalue weighted by Gasteiger charge is 2.07. The third-order valence-corrected chi connectivity index (χ3v) is 3.07. The van der Waals surface area contributed by atoms with E-state index in [2.05, 4.69) is 60.6 Å². The molecule has 0 radical (unpaired) electrons. The standard InChI is InChI=1S/C15H21N3/c1-4-12-5-7-13(8-6-12)15-14(10-17-18-15)9-16-11(2)3/h5-8,10-11,16H,4,9H2,1-3H3,(H,17,18). The van der Waals surface area contributed by atoms with Crippen LogP contribution < -0.4 is 5.32 Å². The van der Waals surface area contributed by atoms with Gasteiger partial charge < -0.3 is 5.32 Å². The maximum Gasteiger partial charge on any atom is 0.0695 e. The van der Waals surface area contributed by atoms with Crippen molar-refractivity contribution in [3.63, 3.8) is 0 Å². The lowest BCUT2D eigenvalue weighted by molar-refractivity contribution is 0.589. The van der Waals surface area contributed by atoms with E-state index in [4.69, 9.17) is 0 Å². The molecule has 0 aliphatic heterocycles. The minimum absolute atomic E-state index is 0.482. The molecule has 0 bridgehead atoms. The van der Waals surface area contributed by atoms with E-state index in [0.29, 0.717) is 6.04 Å². The smallest absolute Gasteiger partial charge is 0.0695 e. The first-order chi connectivity index (χ1) is 8.70. The second-order valence-electron chi connectivity index (χ2n) is 4.86. The lowest BCUT2D eigenvalue weighted by Crippen LogP contribution is -2.21. The molecule has 1 aromatic carbocycles. The van der Waals surface area contributed by atoms with Gasteiger partial charge in [-0.15, -0.1) is 0 Å². The second-order valence-corrected chi connectivity index (χ2v) is 4.86. The summed E-state index contributed by atoms with van der Waals surface area (Å²) in [7, 11) is 0. The van der Waals surface area contributed by atoms with Gasteiger partial charge in [0.2, 0.25) is 0 Å². The van der Waals surface area contributed by atoms with Crippen LogP contribution in [0.3, 0.4) is 0 Å². The van der Waals surface area contributed by atoms with Crippen LogP contribution in [0.5, 0.6) is 0 Å². The van der Waals surface area contributed by atoms with Gasteiger partial charge in [0.15, 0.2) is 0 Å². The fraction of sp³-hybridized carbons (Fsp3) is 0.400. The highest BCUT2D eigenvalue weighted by atomic mass is 15.1. The van der Waals surface area contributed by atoms with E-state index in [1.807, 2.05) is 6.20 Å². The zero-order chi connectivity index (χ0) is 13.0. The number of aryl methyl sites for hydroxylation is 1. The Kier molecular flexibility index (Phi) is 4.15. The lowest BCUT2D eigenvalue weighted by atomic mass is 10.0. The molecule has 3 nitrogen and oxygen atoms in total. The molecular weight excluding hydrogens is 222 g/mol. The van der Waals surface area contributed by atoms with E-state index < -0.39 is 0 Å². The fourth-order valence-electron chi connectivity index (χ4n) is 1.92. The molecule has 1 heterocycles. The zero-order valence-electron chi connectivity index (χ0n) is 11.3. The molecule has 0 aliphatic rings. The van der Waals surface area contributed by atoms with Crippen LogP contribution in [0.15, 0.2) is 30.5 Å².